The second-order valence-corrected chi connectivity index (χ2v) is 5.83. The Hall–Kier alpha value is -1.46. The quantitative estimate of drug-likeness (QED) is 0.888. The van der Waals surface area contributed by atoms with Gasteiger partial charge in [0.05, 0.1) is 22.7 Å². The van der Waals surface area contributed by atoms with Crippen LogP contribution in [0, 0.1) is 0 Å². The number of aromatic nitrogens is 2. The van der Waals surface area contributed by atoms with Gasteiger partial charge in [-0.1, -0.05) is 23.5 Å². The van der Waals surface area contributed by atoms with Crippen molar-refractivity contribution in [2.45, 2.75) is 38.3 Å². The average Bonchev–Trinajstić information content (AvgIpc) is 3.16. The van der Waals surface area contributed by atoms with E-state index in [4.69, 9.17) is 4.74 Å². The Morgan fingerprint density at radius 2 is 2.30 bits per heavy atom. The molecule has 1 aliphatic rings. The molecule has 1 N–H and O–H groups in total. The predicted molar refractivity (Wildman–Crippen MR) is 80.3 cm³/mol. The molecule has 1 aromatic heterocycles. The monoisotopic (exact) mass is 289 g/mol. The van der Waals surface area contributed by atoms with Crippen LogP contribution in [0.3, 0.4) is 0 Å². The molecular weight excluding hydrogens is 270 g/mol. The standard InChI is InChI=1S/C15H19N3OS/c1-3-13-15(20-18-17-13)14(16-2)10-5-4-6-12(9-10)19-11-7-8-11/h4-6,9,11,14,16H,3,7-8H2,1-2H3. The normalized spacial score (nSPS) is 16.1. The zero-order chi connectivity index (χ0) is 13.9. The summed E-state index contributed by atoms with van der Waals surface area (Å²) in [5.41, 5.74) is 2.27. The van der Waals surface area contributed by atoms with E-state index in [1.165, 1.54) is 34.8 Å². The minimum atomic E-state index is 0.132. The van der Waals surface area contributed by atoms with E-state index in [0.717, 1.165) is 17.9 Å². The largest absolute Gasteiger partial charge is 0.490 e. The molecule has 1 atom stereocenters. The molecule has 4 nitrogen and oxygen atoms in total. The average molecular weight is 289 g/mol. The Labute approximate surface area is 123 Å². The number of hydrogen-bond donors (Lipinski definition) is 1. The molecular formula is C15H19N3OS. The molecule has 5 heteroatoms. The Kier molecular flexibility index (Phi) is 3.98. The van der Waals surface area contributed by atoms with E-state index in [0.29, 0.717) is 6.10 Å². The molecule has 0 radical (unpaired) electrons. The van der Waals surface area contributed by atoms with E-state index in [9.17, 15) is 0 Å². The summed E-state index contributed by atoms with van der Waals surface area (Å²) in [6.45, 7) is 2.11. The number of hydrogen-bond acceptors (Lipinski definition) is 5. The highest BCUT2D eigenvalue weighted by Crippen LogP contribution is 2.31. The van der Waals surface area contributed by atoms with Crippen molar-refractivity contribution >= 4 is 11.5 Å². The van der Waals surface area contributed by atoms with Crippen LogP contribution in [-0.4, -0.2) is 22.7 Å². The van der Waals surface area contributed by atoms with Crippen molar-refractivity contribution in [2.24, 2.45) is 0 Å². The number of benzene rings is 1. The Bertz CT molecular complexity index is 580. The highest BCUT2D eigenvalue weighted by atomic mass is 32.1. The summed E-state index contributed by atoms with van der Waals surface area (Å²) >= 11 is 1.47. The molecule has 1 saturated carbocycles. The van der Waals surface area contributed by atoms with Crippen LogP contribution in [0.5, 0.6) is 5.75 Å². The molecule has 0 amide bonds. The van der Waals surface area contributed by atoms with Gasteiger partial charge < -0.3 is 10.1 Å². The number of rotatable bonds is 6. The van der Waals surface area contributed by atoms with E-state index in [1.807, 2.05) is 13.1 Å². The van der Waals surface area contributed by atoms with Gasteiger partial charge in [-0.15, -0.1) is 5.10 Å². The Morgan fingerprint density at radius 3 is 3.00 bits per heavy atom. The van der Waals surface area contributed by atoms with Crippen LogP contribution in [0.25, 0.3) is 0 Å². The zero-order valence-electron chi connectivity index (χ0n) is 11.8. The molecule has 2 aromatic rings. The first-order valence-corrected chi connectivity index (χ1v) is 7.84. The molecule has 1 aliphatic carbocycles. The lowest BCUT2D eigenvalue weighted by molar-refractivity contribution is 0.302. The van der Waals surface area contributed by atoms with Crippen molar-refractivity contribution in [2.75, 3.05) is 7.05 Å². The third kappa shape index (κ3) is 2.83. The first kappa shape index (κ1) is 13.5. The van der Waals surface area contributed by atoms with Crippen molar-refractivity contribution in [3.8, 4) is 5.75 Å². The number of nitrogens with zero attached hydrogens (tertiary/aromatic N) is 2. The van der Waals surface area contributed by atoms with Crippen molar-refractivity contribution < 1.29 is 4.74 Å². The highest BCUT2D eigenvalue weighted by molar-refractivity contribution is 7.05. The van der Waals surface area contributed by atoms with Crippen molar-refractivity contribution in [3.63, 3.8) is 0 Å². The molecule has 0 aliphatic heterocycles. The van der Waals surface area contributed by atoms with E-state index in [1.54, 1.807) is 0 Å². The van der Waals surface area contributed by atoms with E-state index >= 15 is 0 Å². The summed E-state index contributed by atoms with van der Waals surface area (Å²) in [5.74, 6) is 0.959. The summed E-state index contributed by atoms with van der Waals surface area (Å²) < 4.78 is 9.97. The summed E-state index contributed by atoms with van der Waals surface area (Å²) in [4.78, 5) is 1.19. The summed E-state index contributed by atoms with van der Waals surface area (Å²) in [6, 6.07) is 8.46. The van der Waals surface area contributed by atoms with Gasteiger partial charge in [0.15, 0.2) is 0 Å². The zero-order valence-corrected chi connectivity index (χ0v) is 12.6. The van der Waals surface area contributed by atoms with Gasteiger partial charge >= 0.3 is 0 Å². The van der Waals surface area contributed by atoms with Crippen molar-refractivity contribution in [3.05, 3.63) is 40.4 Å². The molecule has 1 aromatic carbocycles. The molecule has 3 rings (SSSR count). The lowest BCUT2D eigenvalue weighted by Gasteiger charge is -2.16. The Morgan fingerprint density at radius 1 is 1.45 bits per heavy atom. The predicted octanol–water partition coefficient (Wildman–Crippen LogP) is 2.95. The molecule has 1 unspecified atom stereocenters. The highest BCUT2D eigenvalue weighted by Gasteiger charge is 2.24. The third-order valence-electron chi connectivity index (χ3n) is 3.49. The SMILES string of the molecule is CCc1nnsc1C(NC)c1cccc(OC2CC2)c1. The fraction of sp³-hybridized carbons (Fsp3) is 0.467. The maximum Gasteiger partial charge on any atom is 0.120 e. The molecule has 1 fully saturated rings. The number of nitrogens with one attached hydrogen (secondary N) is 1. The third-order valence-corrected chi connectivity index (χ3v) is 4.32. The van der Waals surface area contributed by atoms with Gasteiger partial charge in [0, 0.05) is 0 Å². The fourth-order valence-electron chi connectivity index (χ4n) is 2.27. The van der Waals surface area contributed by atoms with Crippen LogP contribution in [0.1, 0.15) is 41.9 Å². The van der Waals surface area contributed by atoms with E-state index < -0.39 is 0 Å². The van der Waals surface area contributed by atoms with Gasteiger partial charge in [-0.2, -0.15) is 0 Å². The topological polar surface area (TPSA) is 47.0 Å². The maximum atomic E-state index is 5.88. The molecule has 0 spiro atoms. The second-order valence-electron chi connectivity index (χ2n) is 5.05. The van der Waals surface area contributed by atoms with Crippen LogP contribution in [0.2, 0.25) is 0 Å². The summed E-state index contributed by atoms with van der Waals surface area (Å²) in [6.07, 6.45) is 3.69. The van der Waals surface area contributed by atoms with Gasteiger partial charge in [0.2, 0.25) is 0 Å². The van der Waals surface area contributed by atoms with Gasteiger partial charge in [0.25, 0.3) is 0 Å². The lowest BCUT2D eigenvalue weighted by Crippen LogP contribution is -2.18. The molecule has 0 bridgehead atoms. The molecule has 106 valence electrons. The summed E-state index contributed by atoms with van der Waals surface area (Å²) in [7, 11) is 1.97. The fourth-order valence-corrected chi connectivity index (χ4v) is 3.15. The molecule has 0 saturated heterocycles. The Balaban J connectivity index is 1.88. The minimum Gasteiger partial charge on any atom is -0.490 e. The molecule has 20 heavy (non-hydrogen) atoms. The van der Waals surface area contributed by atoms with Gasteiger partial charge in [-0.05, 0) is 55.5 Å². The van der Waals surface area contributed by atoms with Crippen LogP contribution < -0.4 is 10.1 Å². The van der Waals surface area contributed by atoms with Crippen LogP contribution in [0.4, 0.5) is 0 Å². The first-order valence-electron chi connectivity index (χ1n) is 7.06. The van der Waals surface area contributed by atoms with Crippen molar-refractivity contribution in [1.29, 1.82) is 0 Å². The lowest BCUT2D eigenvalue weighted by atomic mass is 10.0. The van der Waals surface area contributed by atoms with E-state index in [2.05, 4.69) is 40.0 Å². The second kappa shape index (κ2) is 5.89. The van der Waals surface area contributed by atoms with Crippen LogP contribution in [0.15, 0.2) is 24.3 Å². The van der Waals surface area contributed by atoms with Gasteiger partial charge in [0.1, 0.15) is 5.75 Å². The maximum absolute atomic E-state index is 5.88. The first-order chi connectivity index (χ1) is 9.81. The van der Waals surface area contributed by atoms with E-state index in [-0.39, 0.29) is 6.04 Å². The molecule has 1 heterocycles. The van der Waals surface area contributed by atoms with Crippen LogP contribution in [-0.2, 0) is 6.42 Å². The van der Waals surface area contributed by atoms with Crippen LogP contribution >= 0.6 is 11.5 Å². The number of ether oxygens (including phenoxy) is 1. The van der Waals surface area contributed by atoms with Crippen molar-refractivity contribution in [1.82, 2.24) is 14.9 Å². The smallest absolute Gasteiger partial charge is 0.120 e. The van der Waals surface area contributed by atoms with Gasteiger partial charge in [-0.3, -0.25) is 0 Å². The van der Waals surface area contributed by atoms with Gasteiger partial charge in [-0.25, -0.2) is 0 Å². The minimum absolute atomic E-state index is 0.132. The number of aryl methyl sites for hydroxylation is 1. The summed E-state index contributed by atoms with van der Waals surface area (Å²) in [5, 5.41) is 7.57.